The summed E-state index contributed by atoms with van der Waals surface area (Å²) in [6.07, 6.45) is 0. The van der Waals surface area contributed by atoms with Gasteiger partial charge in [0.15, 0.2) is 6.79 Å². The molecule has 0 saturated heterocycles. The second-order valence-corrected chi connectivity index (χ2v) is 2.13. The number of benzene rings is 1. The molecule has 0 heterocycles. The van der Waals surface area contributed by atoms with E-state index in [0.29, 0.717) is 11.5 Å². The molecule has 0 aliphatic heterocycles. The van der Waals surface area contributed by atoms with Gasteiger partial charge in [0.2, 0.25) is 0 Å². The van der Waals surface area contributed by atoms with Gasteiger partial charge < -0.3 is 14.2 Å². The summed E-state index contributed by atoms with van der Waals surface area (Å²) >= 11 is 0. The Labute approximate surface area is 90.2 Å². The van der Waals surface area contributed by atoms with Crippen LogP contribution < -0.4 is 28.3 Å². The van der Waals surface area contributed by atoms with E-state index in [1.54, 1.807) is 26.4 Å². The van der Waals surface area contributed by atoms with Crippen LogP contribution >= 0.6 is 0 Å². The van der Waals surface area contributed by atoms with Crippen molar-refractivity contribution in [2.45, 2.75) is 0 Å². The third kappa shape index (κ3) is 4.23. The van der Waals surface area contributed by atoms with E-state index >= 15 is 0 Å². The molecular weight excluding hydrogens is 163 g/mol. The quantitative estimate of drug-likeness (QED) is 0.315. The summed E-state index contributed by atoms with van der Waals surface area (Å²) in [7, 11) is 3.16. The number of ether oxygens (including phenoxy) is 3. The standard InChI is InChI=1S/C9H11O3.Li/c1-10-7-12-9-5-3-4-8(6-9)11-2;/h3-5H,7H2,1-2H3;/q-1;+1. The molecule has 1 aromatic rings. The Bertz CT molecular complexity index is 240. The zero-order chi connectivity index (χ0) is 8.81. The second kappa shape index (κ2) is 6.85. The number of hydrogen-bond donors (Lipinski definition) is 0. The minimum Gasteiger partial charge on any atom is -0.522 e. The molecule has 1 rings (SSSR count). The van der Waals surface area contributed by atoms with Crippen LogP contribution in [0.2, 0.25) is 0 Å². The molecule has 0 atom stereocenters. The number of rotatable bonds is 4. The normalized spacial score (nSPS) is 8.77. The largest absolute Gasteiger partial charge is 1.00 e. The van der Waals surface area contributed by atoms with Crippen LogP contribution in [-0.2, 0) is 4.74 Å². The zero-order valence-electron chi connectivity index (χ0n) is 8.16. The molecule has 0 unspecified atom stereocenters. The van der Waals surface area contributed by atoms with E-state index in [1.165, 1.54) is 0 Å². The fourth-order valence-electron chi connectivity index (χ4n) is 0.753. The molecule has 3 nitrogen and oxygen atoms in total. The minimum absolute atomic E-state index is 0. The molecule has 1 aromatic carbocycles. The molecule has 0 aliphatic carbocycles. The minimum atomic E-state index is 0. The van der Waals surface area contributed by atoms with Crippen LogP contribution in [0.5, 0.6) is 11.5 Å². The van der Waals surface area contributed by atoms with Gasteiger partial charge in [-0.1, -0.05) is 6.07 Å². The van der Waals surface area contributed by atoms with Crippen molar-refractivity contribution in [1.82, 2.24) is 0 Å². The SMILES string of the molecule is COCOc1[c-]c(OC)ccc1.[Li+]. The van der Waals surface area contributed by atoms with Crippen LogP contribution in [-0.4, -0.2) is 21.0 Å². The van der Waals surface area contributed by atoms with Crippen molar-refractivity contribution >= 4 is 0 Å². The smallest absolute Gasteiger partial charge is 0.522 e. The topological polar surface area (TPSA) is 27.7 Å². The molecule has 0 fully saturated rings. The first-order valence-corrected chi connectivity index (χ1v) is 3.55. The van der Waals surface area contributed by atoms with Crippen molar-refractivity contribution < 1.29 is 33.1 Å². The Kier molecular flexibility index (Phi) is 6.52. The Balaban J connectivity index is 0.00000144. The molecular formula is C9H11LiO3. The van der Waals surface area contributed by atoms with Crippen LogP contribution in [0.15, 0.2) is 18.2 Å². The molecule has 0 spiro atoms. The first kappa shape index (κ1) is 12.4. The van der Waals surface area contributed by atoms with Gasteiger partial charge in [-0.05, 0) is 0 Å². The fraction of sp³-hybridized carbons (Fsp3) is 0.333. The van der Waals surface area contributed by atoms with Gasteiger partial charge in [-0.25, -0.2) is 0 Å². The first-order chi connectivity index (χ1) is 5.86. The van der Waals surface area contributed by atoms with E-state index in [9.17, 15) is 0 Å². The molecule has 0 bridgehead atoms. The van der Waals surface area contributed by atoms with E-state index < -0.39 is 0 Å². The summed E-state index contributed by atoms with van der Waals surface area (Å²) in [6, 6.07) is 8.34. The molecule has 0 radical (unpaired) electrons. The van der Waals surface area contributed by atoms with E-state index in [2.05, 4.69) is 6.07 Å². The van der Waals surface area contributed by atoms with E-state index in [-0.39, 0.29) is 25.7 Å². The Hall–Kier alpha value is -0.623. The number of hydrogen-bond acceptors (Lipinski definition) is 3. The van der Waals surface area contributed by atoms with Crippen molar-refractivity contribution in [1.29, 1.82) is 0 Å². The second-order valence-electron chi connectivity index (χ2n) is 2.13. The van der Waals surface area contributed by atoms with Gasteiger partial charge in [-0.2, -0.15) is 6.07 Å². The Morgan fingerprint density at radius 2 is 1.92 bits per heavy atom. The van der Waals surface area contributed by atoms with Crippen LogP contribution in [0.4, 0.5) is 0 Å². The maximum absolute atomic E-state index is 5.14. The van der Waals surface area contributed by atoms with E-state index in [0.717, 1.165) is 0 Å². The molecule has 0 aliphatic rings. The fourth-order valence-corrected chi connectivity index (χ4v) is 0.753. The summed E-state index contributed by atoms with van der Waals surface area (Å²) < 4.78 is 14.8. The van der Waals surface area contributed by atoms with Crippen molar-refractivity contribution in [2.24, 2.45) is 0 Å². The van der Waals surface area contributed by atoms with E-state index in [4.69, 9.17) is 14.2 Å². The molecule has 0 N–H and O–H groups in total. The van der Waals surface area contributed by atoms with Crippen molar-refractivity contribution in [2.75, 3.05) is 21.0 Å². The van der Waals surface area contributed by atoms with E-state index in [1.807, 2.05) is 6.07 Å². The Morgan fingerprint density at radius 1 is 1.23 bits per heavy atom. The Morgan fingerprint density at radius 3 is 2.54 bits per heavy atom. The van der Waals surface area contributed by atoms with Gasteiger partial charge in [-0.3, -0.25) is 0 Å². The molecule has 13 heavy (non-hydrogen) atoms. The summed E-state index contributed by atoms with van der Waals surface area (Å²) in [6.45, 7) is 0.226. The molecule has 0 amide bonds. The van der Waals surface area contributed by atoms with Gasteiger partial charge in [0.1, 0.15) is 0 Å². The predicted octanol–water partition coefficient (Wildman–Crippen LogP) is -1.52. The number of methoxy groups -OCH3 is 2. The average molecular weight is 174 g/mol. The van der Waals surface area contributed by atoms with Crippen LogP contribution in [0.1, 0.15) is 0 Å². The summed E-state index contributed by atoms with van der Waals surface area (Å²) in [4.78, 5) is 0. The predicted molar refractivity (Wildman–Crippen MR) is 44.3 cm³/mol. The molecule has 66 valence electrons. The monoisotopic (exact) mass is 174 g/mol. The van der Waals surface area contributed by atoms with Gasteiger partial charge in [0.25, 0.3) is 0 Å². The average Bonchev–Trinajstić information content (AvgIpc) is 2.15. The third-order valence-corrected chi connectivity index (χ3v) is 1.29. The van der Waals surface area contributed by atoms with Crippen LogP contribution in [0.3, 0.4) is 0 Å². The zero-order valence-corrected chi connectivity index (χ0v) is 8.16. The summed E-state index contributed by atoms with van der Waals surface area (Å²) in [5.74, 6) is 1.28. The van der Waals surface area contributed by atoms with Crippen LogP contribution in [0, 0.1) is 6.07 Å². The summed E-state index contributed by atoms with van der Waals surface area (Å²) in [5, 5.41) is 0. The van der Waals surface area contributed by atoms with Crippen molar-refractivity contribution in [3.05, 3.63) is 24.3 Å². The molecule has 0 aromatic heterocycles. The van der Waals surface area contributed by atoms with Crippen molar-refractivity contribution in [3.8, 4) is 11.5 Å². The van der Waals surface area contributed by atoms with Crippen molar-refractivity contribution in [3.63, 3.8) is 0 Å². The van der Waals surface area contributed by atoms with Gasteiger partial charge in [-0.15, -0.1) is 12.1 Å². The third-order valence-electron chi connectivity index (χ3n) is 1.29. The van der Waals surface area contributed by atoms with Crippen LogP contribution in [0.25, 0.3) is 0 Å². The van der Waals surface area contributed by atoms with Gasteiger partial charge in [0, 0.05) is 18.6 Å². The first-order valence-electron chi connectivity index (χ1n) is 3.55. The molecule has 4 heteroatoms. The van der Waals surface area contributed by atoms with Gasteiger partial charge >= 0.3 is 18.9 Å². The maximum atomic E-state index is 5.14. The molecule has 0 saturated carbocycles. The summed E-state index contributed by atoms with van der Waals surface area (Å²) in [5.41, 5.74) is 0. The maximum Gasteiger partial charge on any atom is 1.00 e. The van der Waals surface area contributed by atoms with Gasteiger partial charge in [0.05, 0.1) is 7.11 Å².